The zero-order valence-electron chi connectivity index (χ0n) is 12.8. The van der Waals surface area contributed by atoms with Crippen molar-refractivity contribution in [1.29, 1.82) is 0 Å². The van der Waals surface area contributed by atoms with Gasteiger partial charge in [-0.1, -0.05) is 57.9 Å². The van der Waals surface area contributed by atoms with E-state index in [0.717, 1.165) is 21.2 Å². The molecule has 0 aliphatic carbocycles. The Bertz CT molecular complexity index is 820. The molecule has 1 aliphatic heterocycles. The average molecular weight is 391 g/mol. The van der Waals surface area contributed by atoms with Crippen LogP contribution >= 0.6 is 23.5 Å². The van der Waals surface area contributed by atoms with Crippen LogP contribution < -0.4 is 0 Å². The van der Waals surface area contributed by atoms with Crippen molar-refractivity contribution in [3.63, 3.8) is 0 Å². The molecule has 3 rings (SSSR count). The van der Waals surface area contributed by atoms with E-state index in [1.54, 1.807) is 5.82 Å². The molecule has 3 nitrogen and oxygen atoms in total. The van der Waals surface area contributed by atoms with Crippen LogP contribution in [0.2, 0.25) is 0 Å². The van der Waals surface area contributed by atoms with Crippen LogP contribution in [-0.4, -0.2) is 7.11 Å². The van der Waals surface area contributed by atoms with Crippen molar-refractivity contribution in [2.45, 2.75) is 6.92 Å². The van der Waals surface area contributed by atoms with Crippen molar-refractivity contribution in [3.05, 3.63) is 81.6 Å². The van der Waals surface area contributed by atoms with Gasteiger partial charge in [-0.15, -0.1) is 0 Å². The fraction of sp³-hybridized carbons (Fsp3) is 0.111. The van der Waals surface area contributed by atoms with E-state index < -0.39 is 7.60 Å². The molecule has 0 radical (unpaired) electrons. The van der Waals surface area contributed by atoms with Crippen LogP contribution in [0.4, 0.5) is 0 Å². The summed E-state index contributed by atoms with van der Waals surface area (Å²) in [6.45, 7) is 2.03. The van der Waals surface area contributed by atoms with E-state index in [2.05, 4.69) is 15.9 Å². The molecule has 1 atom stereocenters. The van der Waals surface area contributed by atoms with Crippen LogP contribution in [0.1, 0.15) is 16.7 Å². The third-order valence-corrected chi connectivity index (χ3v) is 5.66. The molecule has 1 aliphatic rings. The summed E-state index contributed by atoms with van der Waals surface area (Å²) in [4.78, 5) is 0. The van der Waals surface area contributed by atoms with Gasteiger partial charge in [0.25, 0.3) is 0 Å². The Morgan fingerprint density at radius 2 is 1.61 bits per heavy atom. The third kappa shape index (κ3) is 3.66. The molecule has 0 N–H and O–H groups in total. The van der Waals surface area contributed by atoms with E-state index in [9.17, 15) is 4.57 Å². The maximum absolute atomic E-state index is 12.7. The number of allylic oxidation sites excluding steroid dienone is 2. The normalized spacial score (nSPS) is 20.5. The van der Waals surface area contributed by atoms with E-state index in [1.165, 1.54) is 12.7 Å². The van der Waals surface area contributed by atoms with Crippen molar-refractivity contribution in [3.8, 4) is 0 Å². The van der Waals surface area contributed by atoms with E-state index in [1.807, 2.05) is 61.5 Å². The first kappa shape index (κ1) is 16.3. The first-order valence-corrected chi connectivity index (χ1v) is 9.52. The van der Waals surface area contributed by atoms with Crippen molar-refractivity contribution in [2.24, 2.45) is 0 Å². The van der Waals surface area contributed by atoms with Crippen LogP contribution in [0.25, 0.3) is 11.3 Å². The summed E-state index contributed by atoms with van der Waals surface area (Å²) in [7, 11) is -1.91. The largest absolute Gasteiger partial charge is 0.421 e. The fourth-order valence-corrected chi connectivity index (χ4v) is 3.78. The fourth-order valence-electron chi connectivity index (χ4n) is 2.28. The lowest BCUT2D eigenvalue weighted by atomic mass is 10.0. The van der Waals surface area contributed by atoms with Gasteiger partial charge in [0.2, 0.25) is 0 Å². The molecule has 0 spiro atoms. The summed E-state index contributed by atoms with van der Waals surface area (Å²) in [6, 6.07) is 15.7. The molecule has 0 amide bonds. The topological polar surface area (TPSA) is 35.5 Å². The highest BCUT2D eigenvalue weighted by Crippen LogP contribution is 2.57. The molecule has 0 saturated carbocycles. The molecule has 2 aromatic rings. The van der Waals surface area contributed by atoms with Crippen LogP contribution in [-0.2, 0) is 13.6 Å². The maximum atomic E-state index is 12.7. The van der Waals surface area contributed by atoms with Crippen LogP contribution in [0.15, 0.2) is 64.9 Å². The smallest absolute Gasteiger partial charge is 0.403 e. The molecule has 2 aromatic carbocycles. The van der Waals surface area contributed by atoms with E-state index in [0.29, 0.717) is 5.76 Å². The Morgan fingerprint density at radius 1 is 1.00 bits per heavy atom. The van der Waals surface area contributed by atoms with Gasteiger partial charge in [-0.2, -0.15) is 0 Å². The molecule has 0 aromatic heterocycles. The first-order valence-electron chi connectivity index (χ1n) is 7.12. The van der Waals surface area contributed by atoms with Gasteiger partial charge in [-0.25, -0.2) is 4.57 Å². The molecule has 1 unspecified atom stereocenters. The van der Waals surface area contributed by atoms with E-state index >= 15 is 0 Å². The minimum absolute atomic E-state index is 0.542. The molecule has 0 bridgehead atoms. The second kappa shape index (κ2) is 6.48. The maximum Gasteiger partial charge on any atom is 0.403 e. The predicted molar refractivity (Wildman–Crippen MR) is 97.0 cm³/mol. The number of aryl methyl sites for hydroxylation is 1. The number of rotatable bonds is 3. The number of halogens is 1. The summed E-state index contributed by atoms with van der Waals surface area (Å²) in [5.74, 6) is 2.11. The lowest BCUT2D eigenvalue weighted by Gasteiger charge is -2.22. The zero-order chi connectivity index (χ0) is 16.4. The minimum atomic E-state index is -3.30. The van der Waals surface area contributed by atoms with Gasteiger partial charge in [0.05, 0.1) is 0 Å². The van der Waals surface area contributed by atoms with Crippen molar-refractivity contribution in [1.82, 2.24) is 0 Å². The number of hydrogen-bond acceptors (Lipinski definition) is 3. The molecule has 0 fully saturated rings. The number of benzene rings is 2. The minimum Gasteiger partial charge on any atom is -0.421 e. The Hall–Kier alpha value is -1.61. The highest BCUT2D eigenvalue weighted by molar-refractivity contribution is 9.10. The van der Waals surface area contributed by atoms with Crippen LogP contribution in [0.5, 0.6) is 0 Å². The summed E-state index contributed by atoms with van der Waals surface area (Å²) in [5.41, 5.74) is 3.83. The molecule has 5 heteroatoms. The van der Waals surface area contributed by atoms with Gasteiger partial charge in [-0.3, -0.25) is 0 Å². The first-order chi connectivity index (χ1) is 11.0. The number of hydrogen-bond donors (Lipinski definition) is 0. The average Bonchev–Trinajstić information content (AvgIpc) is 2.56. The van der Waals surface area contributed by atoms with E-state index in [4.69, 9.17) is 9.05 Å². The van der Waals surface area contributed by atoms with Gasteiger partial charge in [0.1, 0.15) is 5.76 Å². The highest BCUT2D eigenvalue weighted by atomic mass is 79.9. The zero-order valence-corrected chi connectivity index (χ0v) is 15.3. The summed E-state index contributed by atoms with van der Waals surface area (Å²) in [5, 5.41) is 0. The monoisotopic (exact) mass is 390 g/mol. The van der Waals surface area contributed by atoms with Crippen molar-refractivity contribution >= 4 is 34.9 Å². The Balaban J connectivity index is 2.07. The van der Waals surface area contributed by atoms with E-state index in [-0.39, 0.29) is 0 Å². The Labute approximate surface area is 144 Å². The SMILES string of the molecule is COP1(=O)C=C(c2ccc(C)cc2)C=C(c2ccc(Br)cc2)O1. The standard InChI is InChI=1S/C18H16BrO3P/c1-13-3-5-14(6-4-13)16-11-18(22-23(20,12-16)21-2)15-7-9-17(19)10-8-15/h3-12H,1-2H3. The molecule has 23 heavy (non-hydrogen) atoms. The molecule has 1 heterocycles. The molecule has 0 saturated heterocycles. The molecular weight excluding hydrogens is 375 g/mol. The van der Waals surface area contributed by atoms with Gasteiger partial charge in [0.15, 0.2) is 0 Å². The van der Waals surface area contributed by atoms with Crippen molar-refractivity contribution < 1.29 is 13.6 Å². The van der Waals surface area contributed by atoms with Gasteiger partial charge >= 0.3 is 7.60 Å². The summed E-state index contributed by atoms with van der Waals surface area (Å²) >= 11 is 3.41. The van der Waals surface area contributed by atoms with Crippen LogP contribution in [0, 0.1) is 6.92 Å². The summed E-state index contributed by atoms with van der Waals surface area (Å²) < 4.78 is 24.5. The van der Waals surface area contributed by atoms with Crippen LogP contribution in [0.3, 0.4) is 0 Å². The predicted octanol–water partition coefficient (Wildman–Crippen LogP) is 6.01. The van der Waals surface area contributed by atoms with Gasteiger partial charge < -0.3 is 9.05 Å². The molecular formula is C18H16BrO3P. The summed E-state index contributed by atoms with van der Waals surface area (Å²) in [6.07, 6.45) is 1.89. The molecule has 118 valence electrons. The second-order valence-electron chi connectivity index (χ2n) is 5.28. The highest BCUT2D eigenvalue weighted by Gasteiger charge is 2.28. The lowest BCUT2D eigenvalue weighted by Crippen LogP contribution is -1.99. The Kier molecular flexibility index (Phi) is 4.58. The van der Waals surface area contributed by atoms with Gasteiger partial charge in [0, 0.05) is 23.0 Å². The quantitative estimate of drug-likeness (QED) is 0.602. The van der Waals surface area contributed by atoms with Gasteiger partial charge in [-0.05, 0) is 36.3 Å². The Morgan fingerprint density at radius 3 is 2.22 bits per heavy atom. The lowest BCUT2D eigenvalue weighted by molar-refractivity contribution is 0.319. The third-order valence-electron chi connectivity index (χ3n) is 3.58. The second-order valence-corrected chi connectivity index (χ2v) is 8.08. The van der Waals surface area contributed by atoms with Crippen molar-refractivity contribution in [2.75, 3.05) is 7.11 Å².